The monoisotopic (exact) mass is 291 g/mol. The van der Waals surface area contributed by atoms with Gasteiger partial charge in [-0.1, -0.05) is 12.2 Å². The third kappa shape index (κ3) is 3.30. The Bertz CT molecular complexity index is 497. The molecule has 1 aromatic carbocycles. The van der Waals surface area contributed by atoms with Crippen LogP contribution in [0.2, 0.25) is 0 Å². The van der Waals surface area contributed by atoms with E-state index in [-0.39, 0.29) is 5.54 Å². The van der Waals surface area contributed by atoms with Crippen LogP contribution in [0.15, 0.2) is 18.2 Å². The molecule has 0 spiro atoms. The Morgan fingerprint density at radius 3 is 2.20 bits per heavy atom. The molecule has 110 valence electrons. The molecule has 0 atom stereocenters. The third-order valence-corrected chi connectivity index (χ3v) is 4.29. The van der Waals surface area contributed by atoms with Gasteiger partial charge in [-0.3, -0.25) is 4.90 Å². The molecule has 1 aliphatic heterocycles. The first-order valence-electron chi connectivity index (χ1n) is 7.19. The van der Waals surface area contributed by atoms with Crippen LogP contribution in [0.3, 0.4) is 0 Å². The van der Waals surface area contributed by atoms with Crippen LogP contribution in [0.4, 0.5) is 5.69 Å². The average Bonchev–Trinajstić information content (AvgIpc) is 2.37. The summed E-state index contributed by atoms with van der Waals surface area (Å²) in [5, 5.41) is 0. The lowest BCUT2D eigenvalue weighted by Crippen LogP contribution is -2.53. The maximum absolute atomic E-state index is 5.72. The summed E-state index contributed by atoms with van der Waals surface area (Å²) in [4.78, 5) is 5.46. The van der Waals surface area contributed by atoms with Crippen LogP contribution in [0, 0.1) is 6.92 Å². The summed E-state index contributed by atoms with van der Waals surface area (Å²) in [7, 11) is 0. The van der Waals surface area contributed by atoms with Gasteiger partial charge in [0, 0.05) is 43.0 Å². The molecule has 0 amide bonds. The Balaban J connectivity index is 2.08. The minimum absolute atomic E-state index is 0.262. The largest absolute Gasteiger partial charge is 0.389 e. The molecule has 1 aliphatic rings. The number of hydrogen-bond donors (Lipinski definition) is 1. The van der Waals surface area contributed by atoms with Gasteiger partial charge in [0.15, 0.2) is 0 Å². The summed E-state index contributed by atoms with van der Waals surface area (Å²) < 4.78 is 0. The van der Waals surface area contributed by atoms with Crippen LogP contribution in [0.25, 0.3) is 0 Å². The molecule has 0 aliphatic carbocycles. The van der Waals surface area contributed by atoms with Crippen molar-refractivity contribution in [3.63, 3.8) is 0 Å². The van der Waals surface area contributed by atoms with E-state index in [2.05, 4.69) is 49.6 Å². The van der Waals surface area contributed by atoms with Gasteiger partial charge in [0.1, 0.15) is 4.99 Å². The van der Waals surface area contributed by atoms with E-state index >= 15 is 0 Å². The van der Waals surface area contributed by atoms with Crippen LogP contribution in [0.5, 0.6) is 0 Å². The fourth-order valence-electron chi connectivity index (χ4n) is 2.76. The van der Waals surface area contributed by atoms with Gasteiger partial charge in [-0.05, 0) is 51.5 Å². The van der Waals surface area contributed by atoms with Gasteiger partial charge >= 0.3 is 0 Å². The van der Waals surface area contributed by atoms with E-state index in [0.29, 0.717) is 4.99 Å². The molecule has 4 heteroatoms. The van der Waals surface area contributed by atoms with Crippen LogP contribution >= 0.6 is 12.2 Å². The molecular weight excluding hydrogens is 266 g/mol. The highest BCUT2D eigenvalue weighted by molar-refractivity contribution is 7.80. The van der Waals surface area contributed by atoms with Crippen LogP contribution in [0.1, 0.15) is 31.9 Å². The first kappa shape index (κ1) is 15.3. The molecular formula is C16H25N3S. The molecule has 0 radical (unpaired) electrons. The van der Waals surface area contributed by atoms with Gasteiger partial charge in [0.2, 0.25) is 0 Å². The van der Waals surface area contributed by atoms with Crippen LogP contribution in [-0.2, 0) is 0 Å². The second kappa shape index (κ2) is 5.70. The minimum atomic E-state index is 0.262. The van der Waals surface area contributed by atoms with Gasteiger partial charge in [0.05, 0.1) is 0 Å². The Labute approximate surface area is 127 Å². The van der Waals surface area contributed by atoms with Crippen molar-refractivity contribution in [2.75, 3.05) is 31.1 Å². The smallest absolute Gasteiger partial charge is 0.104 e. The summed E-state index contributed by atoms with van der Waals surface area (Å²) >= 11 is 5.06. The van der Waals surface area contributed by atoms with Crippen molar-refractivity contribution in [2.24, 2.45) is 5.73 Å². The lowest BCUT2D eigenvalue weighted by Gasteiger charge is -2.43. The second-order valence-corrected chi connectivity index (χ2v) is 6.95. The van der Waals surface area contributed by atoms with Crippen molar-refractivity contribution < 1.29 is 0 Å². The number of nitrogens with two attached hydrogens (primary N) is 1. The predicted molar refractivity (Wildman–Crippen MR) is 90.6 cm³/mol. The van der Waals surface area contributed by atoms with E-state index < -0.39 is 0 Å². The van der Waals surface area contributed by atoms with Crippen LogP contribution < -0.4 is 10.6 Å². The standard InChI is InChI=1S/C16H25N3S/c1-12-11-13(5-6-14(12)15(17)20)18-7-9-19(10-8-18)16(2,3)4/h5-6,11H,7-10H2,1-4H3,(H2,17,20). The molecule has 1 aromatic rings. The molecule has 3 nitrogen and oxygen atoms in total. The SMILES string of the molecule is Cc1cc(N2CCN(C(C)(C)C)CC2)ccc1C(N)=S. The lowest BCUT2D eigenvalue weighted by atomic mass is 10.0. The van der Waals surface area contributed by atoms with Gasteiger partial charge in [0.25, 0.3) is 0 Å². The molecule has 1 saturated heterocycles. The molecule has 2 rings (SSSR count). The number of aryl methyl sites for hydroxylation is 1. The van der Waals surface area contributed by atoms with Crippen molar-refractivity contribution in [3.05, 3.63) is 29.3 Å². The molecule has 0 unspecified atom stereocenters. The van der Waals surface area contributed by atoms with E-state index in [9.17, 15) is 0 Å². The number of hydrogen-bond acceptors (Lipinski definition) is 3. The summed E-state index contributed by atoms with van der Waals surface area (Å²) in [6.45, 7) is 13.3. The first-order chi connectivity index (χ1) is 9.29. The highest BCUT2D eigenvalue weighted by Crippen LogP contribution is 2.23. The van der Waals surface area contributed by atoms with Crippen molar-refractivity contribution in [3.8, 4) is 0 Å². The maximum atomic E-state index is 5.72. The second-order valence-electron chi connectivity index (χ2n) is 6.51. The van der Waals surface area contributed by atoms with E-state index in [1.807, 2.05) is 6.07 Å². The Morgan fingerprint density at radius 2 is 1.75 bits per heavy atom. The molecule has 0 bridgehead atoms. The zero-order chi connectivity index (χ0) is 14.9. The average molecular weight is 291 g/mol. The zero-order valence-corrected chi connectivity index (χ0v) is 13.8. The van der Waals surface area contributed by atoms with Gasteiger partial charge in [-0.2, -0.15) is 0 Å². The van der Waals surface area contributed by atoms with E-state index in [4.69, 9.17) is 18.0 Å². The topological polar surface area (TPSA) is 32.5 Å². The van der Waals surface area contributed by atoms with Gasteiger partial charge in [-0.15, -0.1) is 0 Å². The Kier molecular flexibility index (Phi) is 4.35. The quantitative estimate of drug-likeness (QED) is 0.849. The van der Waals surface area contributed by atoms with Crippen molar-refractivity contribution >= 4 is 22.9 Å². The van der Waals surface area contributed by atoms with Gasteiger partial charge in [-0.25, -0.2) is 0 Å². The van der Waals surface area contributed by atoms with E-state index in [0.717, 1.165) is 37.3 Å². The summed E-state index contributed by atoms with van der Waals surface area (Å²) in [6, 6.07) is 6.37. The zero-order valence-electron chi connectivity index (χ0n) is 12.9. The summed E-state index contributed by atoms with van der Waals surface area (Å²) in [5.74, 6) is 0. The molecule has 0 aromatic heterocycles. The summed E-state index contributed by atoms with van der Waals surface area (Å²) in [6.07, 6.45) is 0. The molecule has 1 fully saturated rings. The highest BCUT2D eigenvalue weighted by atomic mass is 32.1. The van der Waals surface area contributed by atoms with Crippen molar-refractivity contribution in [1.82, 2.24) is 4.90 Å². The molecule has 0 saturated carbocycles. The molecule has 20 heavy (non-hydrogen) atoms. The Morgan fingerprint density at radius 1 is 1.15 bits per heavy atom. The van der Waals surface area contributed by atoms with E-state index in [1.54, 1.807) is 0 Å². The number of benzene rings is 1. The lowest BCUT2D eigenvalue weighted by molar-refractivity contribution is 0.128. The van der Waals surface area contributed by atoms with Gasteiger partial charge < -0.3 is 10.6 Å². The summed E-state index contributed by atoms with van der Waals surface area (Å²) in [5.41, 5.74) is 9.40. The number of anilines is 1. The van der Waals surface area contributed by atoms with Crippen molar-refractivity contribution in [1.29, 1.82) is 0 Å². The fraction of sp³-hybridized carbons (Fsp3) is 0.562. The minimum Gasteiger partial charge on any atom is -0.389 e. The number of rotatable bonds is 2. The number of nitrogens with zero attached hydrogens (tertiary/aromatic N) is 2. The molecule has 2 N–H and O–H groups in total. The normalized spacial score (nSPS) is 17.3. The maximum Gasteiger partial charge on any atom is 0.104 e. The Hall–Kier alpha value is -1.13. The fourth-order valence-corrected chi connectivity index (χ4v) is 2.99. The van der Waals surface area contributed by atoms with Crippen molar-refractivity contribution in [2.45, 2.75) is 33.2 Å². The third-order valence-electron chi connectivity index (χ3n) is 4.07. The van der Waals surface area contributed by atoms with Crippen LogP contribution in [-0.4, -0.2) is 41.6 Å². The first-order valence-corrected chi connectivity index (χ1v) is 7.60. The number of piperazine rings is 1. The number of thiocarbonyl (C=S) groups is 1. The molecule has 1 heterocycles. The highest BCUT2D eigenvalue weighted by Gasteiger charge is 2.25. The predicted octanol–water partition coefficient (Wildman–Crippen LogP) is 2.55. The van der Waals surface area contributed by atoms with E-state index in [1.165, 1.54) is 5.69 Å².